The number of nitrogens with two attached hydrogens (primary N) is 1. The largest absolute Gasteiger partial charge is 0.448 e. The summed E-state index contributed by atoms with van der Waals surface area (Å²) in [5.74, 6) is 1.30. The molecule has 2 aromatic rings. The van der Waals surface area contributed by atoms with E-state index in [4.69, 9.17) is 33.7 Å². The van der Waals surface area contributed by atoms with E-state index in [-0.39, 0.29) is 6.61 Å². The molecule has 2 N–H and O–H groups in total. The monoisotopic (exact) mass is 301 g/mol. The van der Waals surface area contributed by atoms with E-state index in [1.54, 1.807) is 6.07 Å². The molecule has 0 saturated carbocycles. The third-order valence-electron chi connectivity index (χ3n) is 2.67. The minimum atomic E-state index is -0.790. The van der Waals surface area contributed by atoms with Crippen molar-refractivity contribution in [3.8, 4) is 0 Å². The summed E-state index contributed by atoms with van der Waals surface area (Å²) in [7, 11) is 0. The highest BCUT2D eigenvalue weighted by Crippen LogP contribution is 2.21. The van der Waals surface area contributed by atoms with Crippen LogP contribution in [0.4, 0.5) is 4.79 Å². The van der Waals surface area contributed by atoms with Crippen molar-refractivity contribution >= 4 is 40.3 Å². The Bertz CT molecular complexity index is 598. The number of nitrogens with zero attached hydrogens (tertiary/aromatic N) is 2. The third-order valence-corrected chi connectivity index (χ3v) is 3.09. The first-order chi connectivity index (χ1) is 9.11. The standard InChI is InChI=1S/C12H13Cl2N3O2/c13-4-3-11-16-9-2-1-8(14)7-10(9)17(11)5-6-19-12(15)18/h1-2,7H,3-6H2,(H2,15,18). The number of carbonyl (C=O) groups is 1. The Morgan fingerprint density at radius 1 is 1.47 bits per heavy atom. The zero-order chi connectivity index (χ0) is 13.8. The Morgan fingerprint density at radius 2 is 2.26 bits per heavy atom. The molecule has 2 rings (SSSR count). The molecule has 102 valence electrons. The molecule has 1 aromatic heterocycles. The molecule has 0 aliphatic carbocycles. The van der Waals surface area contributed by atoms with Crippen LogP contribution in [0.2, 0.25) is 5.02 Å². The molecule has 0 saturated heterocycles. The summed E-state index contributed by atoms with van der Waals surface area (Å²) in [6.07, 6.45) is -0.161. The van der Waals surface area contributed by atoms with Gasteiger partial charge in [0.05, 0.1) is 17.6 Å². The number of halogens is 2. The first-order valence-corrected chi connectivity index (χ1v) is 6.66. The lowest BCUT2D eigenvalue weighted by Crippen LogP contribution is -2.17. The van der Waals surface area contributed by atoms with Crippen LogP contribution < -0.4 is 5.73 Å². The van der Waals surface area contributed by atoms with Gasteiger partial charge in [0.15, 0.2) is 0 Å². The Morgan fingerprint density at radius 3 is 2.95 bits per heavy atom. The van der Waals surface area contributed by atoms with Gasteiger partial charge in [0, 0.05) is 17.3 Å². The number of hydrogen-bond acceptors (Lipinski definition) is 3. The molecule has 19 heavy (non-hydrogen) atoms. The first-order valence-electron chi connectivity index (χ1n) is 5.74. The maximum atomic E-state index is 10.6. The topological polar surface area (TPSA) is 70.1 Å². The normalized spacial score (nSPS) is 10.8. The van der Waals surface area contributed by atoms with Gasteiger partial charge in [-0.1, -0.05) is 11.6 Å². The minimum Gasteiger partial charge on any atom is -0.448 e. The maximum absolute atomic E-state index is 10.6. The van der Waals surface area contributed by atoms with Crippen LogP contribution in [0, 0.1) is 0 Å². The van der Waals surface area contributed by atoms with Gasteiger partial charge in [0.2, 0.25) is 0 Å². The molecule has 0 spiro atoms. The van der Waals surface area contributed by atoms with E-state index in [9.17, 15) is 4.79 Å². The van der Waals surface area contributed by atoms with E-state index in [1.807, 2.05) is 16.7 Å². The fourth-order valence-corrected chi connectivity index (χ4v) is 2.24. The van der Waals surface area contributed by atoms with Gasteiger partial charge in [-0.25, -0.2) is 9.78 Å². The SMILES string of the molecule is NC(=O)OCCn1c(CCCl)nc2ccc(Cl)cc21. The lowest BCUT2D eigenvalue weighted by atomic mass is 10.3. The third kappa shape index (κ3) is 3.30. The van der Waals surface area contributed by atoms with Crippen LogP contribution in [-0.4, -0.2) is 28.1 Å². The van der Waals surface area contributed by atoms with Gasteiger partial charge in [-0.3, -0.25) is 0 Å². The van der Waals surface area contributed by atoms with E-state index in [0.717, 1.165) is 16.9 Å². The zero-order valence-corrected chi connectivity index (χ0v) is 11.6. The van der Waals surface area contributed by atoms with Gasteiger partial charge in [0.1, 0.15) is 12.4 Å². The lowest BCUT2D eigenvalue weighted by Gasteiger charge is -2.08. The van der Waals surface area contributed by atoms with E-state index in [2.05, 4.69) is 4.98 Å². The molecule has 7 heteroatoms. The number of carbonyl (C=O) groups excluding carboxylic acids is 1. The number of aromatic nitrogens is 2. The van der Waals surface area contributed by atoms with Crippen LogP contribution in [-0.2, 0) is 17.7 Å². The second kappa shape index (κ2) is 6.12. The van der Waals surface area contributed by atoms with Gasteiger partial charge in [-0.2, -0.15) is 0 Å². The minimum absolute atomic E-state index is 0.183. The summed E-state index contributed by atoms with van der Waals surface area (Å²) in [6, 6.07) is 5.46. The number of ether oxygens (including phenoxy) is 1. The summed E-state index contributed by atoms with van der Waals surface area (Å²) >= 11 is 11.8. The second-order valence-corrected chi connectivity index (χ2v) is 4.73. The van der Waals surface area contributed by atoms with E-state index >= 15 is 0 Å². The van der Waals surface area contributed by atoms with Crippen molar-refractivity contribution in [1.29, 1.82) is 0 Å². The van der Waals surface area contributed by atoms with Gasteiger partial charge >= 0.3 is 6.09 Å². The Kier molecular flexibility index (Phi) is 4.50. The first kappa shape index (κ1) is 14.0. The van der Waals surface area contributed by atoms with Crippen molar-refractivity contribution in [2.75, 3.05) is 12.5 Å². The summed E-state index contributed by atoms with van der Waals surface area (Å²) in [4.78, 5) is 15.1. The molecule has 5 nitrogen and oxygen atoms in total. The molecule has 0 aliphatic heterocycles. The summed E-state index contributed by atoms with van der Waals surface area (Å²) in [6.45, 7) is 0.647. The molecular formula is C12H13Cl2N3O2. The Balaban J connectivity index is 2.33. The van der Waals surface area contributed by atoms with E-state index < -0.39 is 6.09 Å². The van der Waals surface area contributed by atoms with Crippen LogP contribution in [0.5, 0.6) is 0 Å². The van der Waals surface area contributed by atoms with Gasteiger partial charge in [0.25, 0.3) is 0 Å². The highest BCUT2D eigenvalue weighted by Gasteiger charge is 2.11. The highest BCUT2D eigenvalue weighted by molar-refractivity contribution is 6.31. The molecule has 0 bridgehead atoms. The molecule has 0 radical (unpaired) electrons. The van der Waals surface area contributed by atoms with Crippen molar-refractivity contribution in [1.82, 2.24) is 9.55 Å². The van der Waals surface area contributed by atoms with Gasteiger partial charge in [-0.05, 0) is 18.2 Å². The predicted octanol–water partition coefficient (Wildman–Crippen LogP) is 2.57. The Hall–Kier alpha value is -1.46. The van der Waals surface area contributed by atoms with Crippen LogP contribution in [0.1, 0.15) is 5.82 Å². The number of primary amides is 1. The number of benzene rings is 1. The number of amides is 1. The number of rotatable bonds is 5. The fraction of sp³-hybridized carbons (Fsp3) is 0.333. The van der Waals surface area contributed by atoms with Crippen LogP contribution in [0.25, 0.3) is 11.0 Å². The van der Waals surface area contributed by atoms with Crippen LogP contribution >= 0.6 is 23.2 Å². The molecule has 0 aliphatic rings. The summed E-state index contributed by atoms with van der Waals surface area (Å²) < 4.78 is 6.69. The van der Waals surface area contributed by atoms with E-state index in [0.29, 0.717) is 23.9 Å². The predicted molar refractivity (Wildman–Crippen MR) is 74.7 cm³/mol. The van der Waals surface area contributed by atoms with Crippen molar-refractivity contribution in [3.05, 3.63) is 29.0 Å². The number of hydrogen-bond donors (Lipinski definition) is 1. The molecule has 1 heterocycles. The van der Waals surface area contributed by atoms with Crippen molar-refractivity contribution in [3.63, 3.8) is 0 Å². The molecular weight excluding hydrogens is 289 g/mol. The van der Waals surface area contributed by atoms with Crippen molar-refractivity contribution in [2.24, 2.45) is 5.73 Å². The van der Waals surface area contributed by atoms with Gasteiger partial charge in [-0.15, -0.1) is 11.6 Å². The average molecular weight is 302 g/mol. The molecule has 0 atom stereocenters. The molecule has 0 unspecified atom stereocenters. The highest BCUT2D eigenvalue weighted by atomic mass is 35.5. The zero-order valence-electron chi connectivity index (χ0n) is 10.1. The summed E-state index contributed by atoms with van der Waals surface area (Å²) in [5.41, 5.74) is 6.66. The smallest absolute Gasteiger partial charge is 0.404 e. The molecule has 1 aromatic carbocycles. The molecule has 1 amide bonds. The Labute approximate surface area is 120 Å². The number of fused-ring (bicyclic) bond motifs is 1. The average Bonchev–Trinajstić information content (AvgIpc) is 2.67. The van der Waals surface area contributed by atoms with Crippen LogP contribution in [0.15, 0.2) is 18.2 Å². The fourth-order valence-electron chi connectivity index (χ4n) is 1.91. The maximum Gasteiger partial charge on any atom is 0.404 e. The van der Waals surface area contributed by atoms with Gasteiger partial charge < -0.3 is 15.0 Å². The number of alkyl halides is 1. The van der Waals surface area contributed by atoms with Crippen LogP contribution in [0.3, 0.4) is 0 Å². The number of aryl methyl sites for hydroxylation is 1. The van der Waals surface area contributed by atoms with E-state index in [1.165, 1.54) is 0 Å². The quantitative estimate of drug-likeness (QED) is 0.863. The summed E-state index contributed by atoms with van der Waals surface area (Å²) in [5, 5.41) is 0.627. The lowest BCUT2D eigenvalue weighted by molar-refractivity contribution is 0.152. The second-order valence-electron chi connectivity index (χ2n) is 3.92. The molecule has 0 fully saturated rings. The van der Waals surface area contributed by atoms with Crippen molar-refractivity contribution in [2.45, 2.75) is 13.0 Å². The van der Waals surface area contributed by atoms with Crippen molar-refractivity contribution < 1.29 is 9.53 Å². The number of imidazole rings is 1.